The van der Waals surface area contributed by atoms with Crippen LogP contribution >= 0.6 is 11.6 Å². The molecule has 0 saturated heterocycles. The zero-order chi connectivity index (χ0) is 24.5. The number of nitrogen functional groups attached to an aromatic ring is 1. The molecule has 176 valence electrons. The Balaban J connectivity index is 1.51. The van der Waals surface area contributed by atoms with Gasteiger partial charge in [0, 0.05) is 16.8 Å². The molecule has 3 aromatic rings. The third-order valence-corrected chi connectivity index (χ3v) is 4.65. The smallest absolute Gasteiger partial charge is 0.328 e. The number of carbonyl (C=O) groups is 2. The number of anilines is 3. The van der Waals surface area contributed by atoms with Crippen molar-refractivity contribution in [2.24, 2.45) is 0 Å². The molecular weight excluding hydrogens is 460 g/mol. The standard InChI is InChI=1S/C23H23ClN6O4/c1-14(26-20(31)12-5-15-3-10-18(33-2)11-4-15)21(32)34-13-19-28-22(25)30-23(29-19)27-17-8-6-16(24)7-9-17/h3-12,14H,13H2,1-2H3,(H,26,31)(H3,25,27,28,29,30)/b12-5+/t14-/m0/s1. The summed E-state index contributed by atoms with van der Waals surface area (Å²) in [7, 11) is 1.58. The van der Waals surface area contributed by atoms with Gasteiger partial charge in [-0.15, -0.1) is 0 Å². The van der Waals surface area contributed by atoms with Crippen LogP contribution in [0.2, 0.25) is 5.02 Å². The highest BCUT2D eigenvalue weighted by molar-refractivity contribution is 6.30. The van der Waals surface area contributed by atoms with E-state index in [0.29, 0.717) is 16.5 Å². The van der Waals surface area contributed by atoms with E-state index in [0.717, 1.165) is 5.56 Å². The van der Waals surface area contributed by atoms with Gasteiger partial charge in [-0.1, -0.05) is 23.7 Å². The minimum absolute atomic E-state index is 0.0393. The van der Waals surface area contributed by atoms with Crippen molar-refractivity contribution in [3.05, 3.63) is 71.0 Å². The highest BCUT2D eigenvalue weighted by atomic mass is 35.5. The zero-order valence-corrected chi connectivity index (χ0v) is 19.2. The molecule has 0 radical (unpaired) electrons. The molecule has 0 saturated carbocycles. The van der Waals surface area contributed by atoms with Gasteiger partial charge in [0.15, 0.2) is 12.4 Å². The van der Waals surface area contributed by atoms with Gasteiger partial charge in [0.1, 0.15) is 11.8 Å². The second-order valence-electron chi connectivity index (χ2n) is 7.01. The molecule has 11 heteroatoms. The van der Waals surface area contributed by atoms with Crippen LogP contribution in [0.5, 0.6) is 5.75 Å². The Morgan fingerprint density at radius 3 is 2.47 bits per heavy atom. The average molecular weight is 483 g/mol. The molecule has 0 aliphatic rings. The van der Waals surface area contributed by atoms with Gasteiger partial charge in [-0.3, -0.25) is 4.79 Å². The second kappa shape index (κ2) is 11.6. The van der Waals surface area contributed by atoms with Gasteiger partial charge in [0.25, 0.3) is 0 Å². The molecule has 0 unspecified atom stereocenters. The number of amides is 1. The summed E-state index contributed by atoms with van der Waals surface area (Å²) in [6, 6.07) is 13.2. The first-order valence-electron chi connectivity index (χ1n) is 10.1. The fraction of sp³-hybridized carbons (Fsp3) is 0.174. The lowest BCUT2D eigenvalue weighted by Crippen LogP contribution is -2.38. The number of ether oxygens (including phenoxy) is 2. The Labute approximate surface area is 201 Å². The second-order valence-corrected chi connectivity index (χ2v) is 7.45. The lowest BCUT2D eigenvalue weighted by molar-refractivity contribution is -0.148. The molecule has 0 fully saturated rings. The Morgan fingerprint density at radius 2 is 1.79 bits per heavy atom. The molecule has 1 aromatic heterocycles. The SMILES string of the molecule is COc1ccc(/C=C/C(=O)N[C@@H](C)C(=O)OCc2nc(N)nc(Nc3ccc(Cl)cc3)n2)cc1. The van der Waals surface area contributed by atoms with Crippen molar-refractivity contribution in [1.82, 2.24) is 20.3 Å². The fourth-order valence-corrected chi connectivity index (χ4v) is 2.81. The van der Waals surface area contributed by atoms with Crippen molar-refractivity contribution in [3.8, 4) is 5.75 Å². The molecule has 0 aliphatic heterocycles. The normalized spacial score (nSPS) is 11.6. The molecule has 3 rings (SSSR count). The van der Waals surface area contributed by atoms with Crippen molar-refractivity contribution < 1.29 is 19.1 Å². The number of hydrogen-bond acceptors (Lipinski definition) is 9. The quantitative estimate of drug-likeness (QED) is 0.309. The third kappa shape index (κ3) is 7.45. The van der Waals surface area contributed by atoms with E-state index in [4.69, 9.17) is 26.8 Å². The Morgan fingerprint density at radius 1 is 1.09 bits per heavy atom. The van der Waals surface area contributed by atoms with Crippen molar-refractivity contribution in [2.45, 2.75) is 19.6 Å². The van der Waals surface area contributed by atoms with Crippen molar-refractivity contribution in [3.63, 3.8) is 0 Å². The van der Waals surface area contributed by atoms with Gasteiger partial charge >= 0.3 is 5.97 Å². The number of methoxy groups -OCH3 is 1. The molecule has 1 amide bonds. The highest BCUT2D eigenvalue weighted by Gasteiger charge is 2.17. The Kier molecular flexibility index (Phi) is 8.36. The summed E-state index contributed by atoms with van der Waals surface area (Å²) in [6.07, 6.45) is 2.95. The van der Waals surface area contributed by atoms with E-state index in [9.17, 15) is 9.59 Å². The number of aromatic nitrogens is 3. The van der Waals surface area contributed by atoms with Crippen molar-refractivity contribution in [2.75, 3.05) is 18.2 Å². The van der Waals surface area contributed by atoms with Crippen LogP contribution in [0.4, 0.5) is 17.6 Å². The Hall–Kier alpha value is -4.18. The lowest BCUT2D eigenvalue weighted by Gasteiger charge is -2.12. The number of nitrogens with zero attached hydrogens (tertiary/aromatic N) is 3. The molecule has 4 N–H and O–H groups in total. The topological polar surface area (TPSA) is 141 Å². The van der Waals surface area contributed by atoms with Gasteiger partial charge in [-0.05, 0) is 55.0 Å². The Bertz CT molecular complexity index is 1170. The summed E-state index contributed by atoms with van der Waals surface area (Å²) in [5.74, 6) is -0.0917. The first-order valence-corrected chi connectivity index (χ1v) is 10.5. The number of nitrogens with two attached hydrogens (primary N) is 1. The van der Waals surface area contributed by atoms with Gasteiger partial charge in [-0.2, -0.15) is 15.0 Å². The first kappa shape index (κ1) is 24.5. The van der Waals surface area contributed by atoms with E-state index in [1.807, 2.05) is 0 Å². The van der Waals surface area contributed by atoms with Crippen LogP contribution in [0.1, 0.15) is 18.3 Å². The number of esters is 1. The van der Waals surface area contributed by atoms with Crippen LogP contribution in [0.15, 0.2) is 54.6 Å². The summed E-state index contributed by atoms with van der Waals surface area (Å²) < 4.78 is 10.3. The number of benzene rings is 2. The maximum Gasteiger partial charge on any atom is 0.328 e. The summed E-state index contributed by atoms with van der Waals surface area (Å²) in [5, 5.41) is 6.10. The summed E-state index contributed by atoms with van der Waals surface area (Å²) in [5.41, 5.74) is 7.23. The van der Waals surface area contributed by atoms with Crippen LogP contribution in [0.3, 0.4) is 0 Å². The van der Waals surface area contributed by atoms with E-state index in [2.05, 4.69) is 25.6 Å². The van der Waals surface area contributed by atoms with Gasteiger partial charge in [-0.25, -0.2) is 4.79 Å². The van der Waals surface area contributed by atoms with Crippen molar-refractivity contribution in [1.29, 1.82) is 0 Å². The minimum atomic E-state index is -0.890. The maximum absolute atomic E-state index is 12.3. The molecule has 0 bridgehead atoms. The fourth-order valence-electron chi connectivity index (χ4n) is 2.69. The molecular formula is C23H23ClN6O4. The maximum atomic E-state index is 12.3. The van der Waals surface area contributed by atoms with Crippen LogP contribution in [0, 0.1) is 0 Å². The van der Waals surface area contributed by atoms with Gasteiger partial charge in [0.2, 0.25) is 17.8 Å². The number of halogens is 1. The molecule has 2 aromatic carbocycles. The van der Waals surface area contributed by atoms with E-state index in [-0.39, 0.29) is 24.3 Å². The van der Waals surface area contributed by atoms with Crippen molar-refractivity contribution >= 4 is 47.1 Å². The van der Waals surface area contributed by atoms with Gasteiger partial charge in [0.05, 0.1) is 7.11 Å². The zero-order valence-electron chi connectivity index (χ0n) is 18.5. The molecule has 0 spiro atoms. The summed E-state index contributed by atoms with van der Waals surface area (Å²) in [4.78, 5) is 36.6. The van der Waals surface area contributed by atoms with Crippen LogP contribution < -0.4 is 21.1 Å². The number of hydrogen-bond donors (Lipinski definition) is 3. The van der Waals surface area contributed by atoms with E-state index < -0.39 is 17.9 Å². The third-order valence-electron chi connectivity index (χ3n) is 4.40. The average Bonchev–Trinajstić information content (AvgIpc) is 2.82. The van der Waals surface area contributed by atoms with E-state index >= 15 is 0 Å². The predicted octanol–water partition coefficient (Wildman–Crippen LogP) is 3.12. The van der Waals surface area contributed by atoms with Crippen LogP contribution in [-0.4, -0.2) is 40.0 Å². The largest absolute Gasteiger partial charge is 0.497 e. The summed E-state index contributed by atoms with van der Waals surface area (Å²) >= 11 is 5.88. The van der Waals surface area contributed by atoms with E-state index in [1.54, 1.807) is 61.7 Å². The number of rotatable bonds is 9. The van der Waals surface area contributed by atoms with Gasteiger partial charge < -0.3 is 25.8 Å². The molecule has 10 nitrogen and oxygen atoms in total. The summed E-state index contributed by atoms with van der Waals surface area (Å²) in [6.45, 7) is 1.26. The number of nitrogens with one attached hydrogen (secondary N) is 2. The predicted molar refractivity (Wildman–Crippen MR) is 128 cm³/mol. The number of carbonyl (C=O) groups excluding carboxylic acids is 2. The van der Waals surface area contributed by atoms with E-state index in [1.165, 1.54) is 13.0 Å². The monoisotopic (exact) mass is 482 g/mol. The molecule has 1 heterocycles. The lowest BCUT2D eigenvalue weighted by atomic mass is 10.2. The highest BCUT2D eigenvalue weighted by Crippen LogP contribution is 2.17. The molecule has 0 aliphatic carbocycles. The molecule has 1 atom stereocenters. The minimum Gasteiger partial charge on any atom is -0.497 e. The van der Waals surface area contributed by atoms with Crippen LogP contribution in [-0.2, 0) is 20.9 Å². The van der Waals surface area contributed by atoms with Crippen LogP contribution in [0.25, 0.3) is 6.08 Å². The first-order chi connectivity index (χ1) is 16.3. The molecule has 34 heavy (non-hydrogen) atoms.